The van der Waals surface area contributed by atoms with Gasteiger partial charge in [0.25, 0.3) is 0 Å². The lowest BCUT2D eigenvalue weighted by molar-refractivity contribution is 0.658. The van der Waals surface area contributed by atoms with Crippen LogP contribution < -0.4 is 0 Å². The Labute approximate surface area is 133 Å². The third kappa shape index (κ3) is 1.83. The molecule has 0 bridgehead atoms. The van der Waals surface area contributed by atoms with Crippen molar-refractivity contribution in [3.63, 3.8) is 0 Å². The zero-order chi connectivity index (χ0) is 15.2. The second-order valence-electron chi connectivity index (χ2n) is 5.81. The minimum atomic E-state index is 0.910. The van der Waals surface area contributed by atoms with Gasteiger partial charge in [0.1, 0.15) is 11.3 Å². The van der Waals surface area contributed by atoms with Gasteiger partial charge in [0.05, 0.1) is 5.69 Å². The fraction of sp³-hybridized carbons (Fsp3) is 0.167. The van der Waals surface area contributed by atoms with Crippen LogP contribution in [0.2, 0.25) is 0 Å². The average molecular weight is 301 g/mol. The summed E-state index contributed by atoms with van der Waals surface area (Å²) in [5, 5.41) is 5.98. The van der Waals surface area contributed by atoms with E-state index >= 15 is 0 Å². The van der Waals surface area contributed by atoms with Gasteiger partial charge >= 0.3 is 0 Å². The third-order valence-corrected chi connectivity index (χ3v) is 4.48. The number of aromatic amines is 1. The lowest BCUT2D eigenvalue weighted by Gasteiger charge is -2.06. The summed E-state index contributed by atoms with van der Waals surface area (Å²) in [5.74, 6) is 0. The topological polar surface area (TPSA) is 59.4 Å². The molecule has 5 nitrogen and oxygen atoms in total. The molecule has 0 spiro atoms. The van der Waals surface area contributed by atoms with E-state index in [2.05, 4.69) is 31.8 Å². The van der Waals surface area contributed by atoms with Crippen molar-refractivity contribution in [1.29, 1.82) is 0 Å². The molecule has 0 saturated heterocycles. The third-order valence-electron chi connectivity index (χ3n) is 4.48. The highest BCUT2D eigenvalue weighted by Crippen LogP contribution is 2.39. The number of H-pyrrole nitrogens is 1. The summed E-state index contributed by atoms with van der Waals surface area (Å²) in [4.78, 5) is 12.1. The monoisotopic (exact) mass is 301 g/mol. The Morgan fingerprint density at radius 2 is 2.04 bits per heavy atom. The van der Waals surface area contributed by atoms with Gasteiger partial charge in [-0.1, -0.05) is 6.07 Å². The molecule has 0 fully saturated rings. The zero-order valence-corrected chi connectivity index (χ0v) is 12.5. The van der Waals surface area contributed by atoms with Gasteiger partial charge in [0, 0.05) is 41.8 Å². The summed E-state index contributed by atoms with van der Waals surface area (Å²) in [6, 6.07) is 10.1. The molecule has 1 aliphatic heterocycles. The molecule has 5 rings (SSSR count). The minimum absolute atomic E-state index is 0.910. The molecular formula is C18H15N5. The molecule has 0 atom stereocenters. The maximum Gasteiger partial charge on any atom is 0.137 e. The van der Waals surface area contributed by atoms with Crippen LogP contribution in [0.1, 0.15) is 12.1 Å². The summed E-state index contributed by atoms with van der Waals surface area (Å²) in [7, 11) is 0. The Balaban J connectivity index is 1.84. The molecule has 4 aromatic heterocycles. The predicted octanol–water partition coefficient (Wildman–Crippen LogP) is 3.43. The Morgan fingerprint density at radius 3 is 2.96 bits per heavy atom. The van der Waals surface area contributed by atoms with E-state index in [9.17, 15) is 0 Å². The van der Waals surface area contributed by atoms with Crippen molar-refractivity contribution in [3.05, 3.63) is 54.6 Å². The summed E-state index contributed by atoms with van der Waals surface area (Å²) >= 11 is 0. The van der Waals surface area contributed by atoms with E-state index in [1.165, 1.54) is 16.8 Å². The fourth-order valence-electron chi connectivity index (χ4n) is 3.48. The molecule has 5 heteroatoms. The Morgan fingerprint density at radius 1 is 1.04 bits per heavy atom. The smallest absolute Gasteiger partial charge is 0.137 e. The highest BCUT2D eigenvalue weighted by atomic mass is 15.3. The minimum Gasteiger partial charge on any atom is -0.346 e. The number of aromatic nitrogens is 5. The molecule has 0 radical (unpaired) electrons. The van der Waals surface area contributed by atoms with Crippen molar-refractivity contribution in [1.82, 2.24) is 24.7 Å². The predicted molar refractivity (Wildman–Crippen MR) is 88.9 cm³/mol. The summed E-state index contributed by atoms with van der Waals surface area (Å²) in [6.07, 6.45) is 7.82. The highest BCUT2D eigenvalue weighted by Gasteiger charge is 2.25. The zero-order valence-electron chi connectivity index (χ0n) is 12.5. The summed E-state index contributed by atoms with van der Waals surface area (Å²) in [6.45, 7) is 0.983. The van der Waals surface area contributed by atoms with Gasteiger partial charge < -0.3 is 4.98 Å². The fourth-order valence-corrected chi connectivity index (χ4v) is 3.48. The maximum absolute atomic E-state index is 4.85. The molecule has 0 aliphatic carbocycles. The van der Waals surface area contributed by atoms with Crippen molar-refractivity contribution < 1.29 is 0 Å². The Hall–Kier alpha value is -2.95. The first-order chi connectivity index (χ1) is 11.4. The van der Waals surface area contributed by atoms with E-state index < -0.39 is 0 Å². The van der Waals surface area contributed by atoms with Crippen molar-refractivity contribution in [2.24, 2.45) is 0 Å². The molecule has 4 aromatic rings. The van der Waals surface area contributed by atoms with Crippen LogP contribution in [-0.4, -0.2) is 24.7 Å². The molecule has 1 N–H and O–H groups in total. The standard InChI is InChI=1S/C18H15N5/c1-2-8-19-14(4-1)17-16(15-5-3-11-23(15)22-17)12-6-9-20-18-13(12)7-10-21-18/h1-2,4,6-10H,3,5,11H2,(H,20,21). The van der Waals surface area contributed by atoms with Crippen LogP contribution in [0.5, 0.6) is 0 Å². The largest absolute Gasteiger partial charge is 0.346 e. The molecule has 1 aliphatic rings. The first-order valence-electron chi connectivity index (χ1n) is 7.85. The van der Waals surface area contributed by atoms with E-state index in [4.69, 9.17) is 5.10 Å². The van der Waals surface area contributed by atoms with Gasteiger partial charge in [-0.05, 0) is 42.7 Å². The number of nitrogens with zero attached hydrogens (tertiary/aromatic N) is 4. The van der Waals surface area contributed by atoms with E-state index in [1.807, 2.05) is 36.8 Å². The van der Waals surface area contributed by atoms with Crippen LogP contribution in [0.3, 0.4) is 0 Å². The molecule has 0 unspecified atom stereocenters. The van der Waals surface area contributed by atoms with Gasteiger partial charge in [-0.2, -0.15) is 5.10 Å². The van der Waals surface area contributed by atoms with Crippen LogP contribution in [-0.2, 0) is 13.0 Å². The second kappa shape index (κ2) is 4.78. The van der Waals surface area contributed by atoms with Crippen LogP contribution in [0, 0.1) is 0 Å². The number of nitrogens with one attached hydrogen (secondary N) is 1. The second-order valence-corrected chi connectivity index (χ2v) is 5.81. The van der Waals surface area contributed by atoms with Crippen molar-refractivity contribution in [2.45, 2.75) is 19.4 Å². The molecule has 0 aromatic carbocycles. The van der Waals surface area contributed by atoms with Gasteiger partial charge in [-0.25, -0.2) is 4.98 Å². The molecule has 23 heavy (non-hydrogen) atoms. The number of hydrogen-bond donors (Lipinski definition) is 1. The number of fused-ring (bicyclic) bond motifs is 2. The van der Waals surface area contributed by atoms with Crippen LogP contribution in [0.4, 0.5) is 0 Å². The van der Waals surface area contributed by atoms with Gasteiger partial charge in [-0.15, -0.1) is 0 Å². The van der Waals surface area contributed by atoms with Gasteiger partial charge in [0.2, 0.25) is 0 Å². The number of pyridine rings is 2. The first kappa shape index (κ1) is 12.6. The quantitative estimate of drug-likeness (QED) is 0.617. The van der Waals surface area contributed by atoms with Crippen molar-refractivity contribution >= 4 is 11.0 Å². The molecule has 112 valence electrons. The van der Waals surface area contributed by atoms with Crippen LogP contribution in [0.25, 0.3) is 33.5 Å². The van der Waals surface area contributed by atoms with E-state index in [0.717, 1.165) is 41.8 Å². The lowest BCUT2D eigenvalue weighted by atomic mass is 9.98. The number of rotatable bonds is 2. The first-order valence-corrected chi connectivity index (χ1v) is 7.85. The van der Waals surface area contributed by atoms with E-state index in [0.29, 0.717) is 0 Å². The van der Waals surface area contributed by atoms with Crippen LogP contribution in [0.15, 0.2) is 48.9 Å². The Bertz CT molecular complexity index is 997. The SMILES string of the molecule is c1ccc(-c2nn3c(c2-c2ccnc4[nH]ccc24)CCC3)nc1. The molecule has 5 heterocycles. The van der Waals surface area contributed by atoms with E-state index in [-0.39, 0.29) is 0 Å². The van der Waals surface area contributed by atoms with Gasteiger partial charge in [-0.3, -0.25) is 9.67 Å². The summed E-state index contributed by atoms with van der Waals surface area (Å²) < 4.78 is 2.14. The maximum atomic E-state index is 4.85. The van der Waals surface area contributed by atoms with Crippen molar-refractivity contribution in [3.8, 4) is 22.5 Å². The number of hydrogen-bond acceptors (Lipinski definition) is 3. The molecular weight excluding hydrogens is 286 g/mol. The van der Waals surface area contributed by atoms with Crippen LogP contribution >= 0.6 is 0 Å². The highest BCUT2D eigenvalue weighted by molar-refractivity contribution is 5.97. The number of aryl methyl sites for hydroxylation is 1. The average Bonchev–Trinajstić information content (AvgIpc) is 3.30. The lowest BCUT2D eigenvalue weighted by Crippen LogP contribution is -1.94. The van der Waals surface area contributed by atoms with E-state index in [1.54, 1.807) is 0 Å². The van der Waals surface area contributed by atoms with Crippen molar-refractivity contribution in [2.75, 3.05) is 0 Å². The summed E-state index contributed by atoms with van der Waals surface area (Å²) in [5.41, 5.74) is 6.49. The Kier molecular flexibility index (Phi) is 2.61. The molecule has 0 amide bonds. The van der Waals surface area contributed by atoms with Gasteiger partial charge in [0.15, 0.2) is 0 Å². The normalized spacial score (nSPS) is 13.6. The molecule has 0 saturated carbocycles.